The maximum atomic E-state index is 13.5. The summed E-state index contributed by atoms with van der Waals surface area (Å²) in [5.41, 5.74) is 1.09. The van der Waals surface area contributed by atoms with E-state index < -0.39 is 5.82 Å². The van der Waals surface area contributed by atoms with Crippen molar-refractivity contribution in [3.8, 4) is 0 Å². The molecule has 0 saturated carbocycles. The molecule has 2 aromatic rings. The number of carbonyl (C=O) groups is 1. The molecule has 100 valence electrons. The Morgan fingerprint density at radius 3 is 2.68 bits per heavy atom. The summed E-state index contributed by atoms with van der Waals surface area (Å²) in [6.07, 6.45) is 0. The van der Waals surface area contributed by atoms with Gasteiger partial charge >= 0.3 is 0 Å². The summed E-state index contributed by atoms with van der Waals surface area (Å²) in [6.45, 7) is 4.57. The summed E-state index contributed by atoms with van der Waals surface area (Å²) in [6, 6.07) is 8.05. The lowest BCUT2D eigenvalue weighted by Gasteiger charge is -2.24. The topological polar surface area (TPSA) is 29.1 Å². The SMILES string of the molecule is CC(C)(CNC(=O)c1ccccc1F)c1ccsc1. The smallest absolute Gasteiger partial charge is 0.254 e. The number of halogens is 1. The van der Waals surface area contributed by atoms with Crippen molar-refractivity contribution in [1.29, 1.82) is 0 Å². The summed E-state index contributed by atoms with van der Waals surface area (Å²) >= 11 is 1.63. The van der Waals surface area contributed by atoms with Gasteiger partial charge in [0.25, 0.3) is 5.91 Å². The van der Waals surface area contributed by atoms with Crippen molar-refractivity contribution in [3.63, 3.8) is 0 Å². The molecule has 4 heteroatoms. The molecule has 0 aliphatic carbocycles. The molecule has 1 aromatic carbocycles. The Labute approximate surface area is 116 Å². The summed E-state index contributed by atoms with van der Waals surface area (Å²) in [5, 5.41) is 6.87. The van der Waals surface area contributed by atoms with Crippen LogP contribution in [0.15, 0.2) is 41.1 Å². The summed E-state index contributed by atoms with van der Waals surface area (Å²) < 4.78 is 13.5. The second kappa shape index (κ2) is 5.53. The number of amides is 1. The average molecular weight is 277 g/mol. The van der Waals surface area contributed by atoms with Crippen LogP contribution in [-0.2, 0) is 5.41 Å². The number of thiophene rings is 1. The first-order chi connectivity index (χ1) is 9.00. The quantitative estimate of drug-likeness (QED) is 0.909. The molecule has 2 rings (SSSR count). The zero-order valence-corrected chi connectivity index (χ0v) is 11.8. The minimum atomic E-state index is -0.492. The highest BCUT2D eigenvalue weighted by molar-refractivity contribution is 7.08. The predicted octanol–water partition coefficient (Wildman–Crippen LogP) is 3.59. The molecule has 0 aliphatic rings. The molecule has 0 unspecified atom stereocenters. The fraction of sp³-hybridized carbons (Fsp3) is 0.267. The second-order valence-corrected chi connectivity index (χ2v) is 5.84. The molecule has 19 heavy (non-hydrogen) atoms. The largest absolute Gasteiger partial charge is 0.351 e. The molecule has 1 aromatic heterocycles. The lowest BCUT2D eigenvalue weighted by molar-refractivity contribution is 0.0941. The summed E-state index contributed by atoms with van der Waals surface area (Å²) in [7, 11) is 0. The maximum absolute atomic E-state index is 13.5. The Bertz CT molecular complexity index is 563. The molecule has 0 saturated heterocycles. The van der Waals surface area contributed by atoms with Crippen molar-refractivity contribution < 1.29 is 9.18 Å². The van der Waals surface area contributed by atoms with E-state index in [0.717, 1.165) is 0 Å². The molecular formula is C15H16FNOS. The van der Waals surface area contributed by atoms with Crippen molar-refractivity contribution in [2.75, 3.05) is 6.54 Å². The Balaban J connectivity index is 2.03. The number of hydrogen-bond acceptors (Lipinski definition) is 2. The third-order valence-electron chi connectivity index (χ3n) is 3.11. The summed E-state index contributed by atoms with van der Waals surface area (Å²) in [5.74, 6) is -0.866. The first-order valence-corrected chi connectivity index (χ1v) is 7.00. The van der Waals surface area contributed by atoms with E-state index in [1.54, 1.807) is 23.5 Å². The van der Waals surface area contributed by atoms with Crippen LogP contribution in [-0.4, -0.2) is 12.5 Å². The van der Waals surface area contributed by atoms with Gasteiger partial charge in [-0.25, -0.2) is 4.39 Å². The molecule has 1 amide bonds. The van der Waals surface area contributed by atoms with Gasteiger partial charge in [0.05, 0.1) is 5.56 Å². The zero-order chi connectivity index (χ0) is 13.9. The normalized spacial score (nSPS) is 11.3. The third-order valence-corrected chi connectivity index (χ3v) is 3.80. The van der Waals surface area contributed by atoms with Crippen LogP contribution in [0.1, 0.15) is 29.8 Å². The van der Waals surface area contributed by atoms with Gasteiger partial charge in [-0.3, -0.25) is 4.79 Å². The molecular weight excluding hydrogens is 261 g/mol. The molecule has 0 spiro atoms. The lowest BCUT2D eigenvalue weighted by atomic mass is 9.86. The lowest BCUT2D eigenvalue weighted by Crippen LogP contribution is -2.36. The summed E-state index contributed by atoms with van der Waals surface area (Å²) in [4.78, 5) is 11.9. The van der Waals surface area contributed by atoms with E-state index in [1.165, 1.54) is 17.7 Å². The van der Waals surface area contributed by atoms with Crippen molar-refractivity contribution in [1.82, 2.24) is 5.32 Å². The van der Waals surface area contributed by atoms with E-state index in [9.17, 15) is 9.18 Å². The van der Waals surface area contributed by atoms with Gasteiger partial charge in [0, 0.05) is 12.0 Å². The fourth-order valence-electron chi connectivity index (χ4n) is 1.79. The van der Waals surface area contributed by atoms with Gasteiger partial charge in [0.15, 0.2) is 0 Å². The van der Waals surface area contributed by atoms with E-state index in [1.807, 2.05) is 11.4 Å². The van der Waals surface area contributed by atoms with Crippen LogP contribution < -0.4 is 5.32 Å². The van der Waals surface area contributed by atoms with Gasteiger partial charge < -0.3 is 5.32 Å². The van der Waals surface area contributed by atoms with Gasteiger partial charge in [-0.15, -0.1) is 0 Å². The highest BCUT2D eigenvalue weighted by Gasteiger charge is 2.22. The van der Waals surface area contributed by atoms with E-state index in [4.69, 9.17) is 0 Å². The molecule has 1 heterocycles. The van der Waals surface area contributed by atoms with Crippen molar-refractivity contribution >= 4 is 17.2 Å². The van der Waals surface area contributed by atoms with Crippen LogP contribution in [0.5, 0.6) is 0 Å². The number of hydrogen-bond donors (Lipinski definition) is 1. The van der Waals surface area contributed by atoms with Crippen molar-refractivity contribution in [2.45, 2.75) is 19.3 Å². The Morgan fingerprint density at radius 2 is 2.05 bits per heavy atom. The zero-order valence-electron chi connectivity index (χ0n) is 10.9. The van der Waals surface area contributed by atoms with Crippen LogP contribution in [0.4, 0.5) is 4.39 Å². The van der Waals surface area contributed by atoms with E-state index in [0.29, 0.717) is 6.54 Å². The monoisotopic (exact) mass is 277 g/mol. The number of carbonyl (C=O) groups excluding carboxylic acids is 1. The van der Waals surface area contributed by atoms with Crippen LogP contribution in [0, 0.1) is 5.82 Å². The van der Waals surface area contributed by atoms with Gasteiger partial charge in [0.1, 0.15) is 5.82 Å². The Morgan fingerprint density at radius 1 is 1.32 bits per heavy atom. The van der Waals surface area contributed by atoms with E-state index in [2.05, 4.69) is 24.5 Å². The number of rotatable bonds is 4. The highest BCUT2D eigenvalue weighted by Crippen LogP contribution is 2.24. The molecule has 1 N–H and O–H groups in total. The minimum absolute atomic E-state index is 0.0867. The second-order valence-electron chi connectivity index (χ2n) is 5.06. The third kappa shape index (κ3) is 3.20. The van der Waals surface area contributed by atoms with Gasteiger partial charge in [-0.2, -0.15) is 11.3 Å². The van der Waals surface area contributed by atoms with Crippen LogP contribution >= 0.6 is 11.3 Å². The number of benzene rings is 1. The van der Waals surface area contributed by atoms with E-state index in [-0.39, 0.29) is 16.9 Å². The van der Waals surface area contributed by atoms with Crippen LogP contribution in [0.25, 0.3) is 0 Å². The molecule has 0 aliphatic heterocycles. The fourth-order valence-corrected chi connectivity index (χ4v) is 2.64. The van der Waals surface area contributed by atoms with Gasteiger partial charge in [-0.05, 0) is 34.5 Å². The Kier molecular flexibility index (Phi) is 4.00. The maximum Gasteiger partial charge on any atom is 0.254 e. The van der Waals surface area contributed by atoms with Crippen molar-refractivity contribution in [2.24, 2.45) is 0 Å². The molecule has 0 radical (unpaired) electrons. The van der Waals surface area contributed by atoms with Gasteiger partial charge in [0.2, 0.25) is 0 Å². The van der Waals surface area contributed by atoms with Crippen molar-refractivity contribution in [3.05, 3.63) is 58.0 Å². The average Bonchev–Trinajstić information content (AvgIpc) is 2.91. The van der Waals surface area contributed by atoms with Crippen LogP contribution in [0.3, 0.4) is 0 Å². The molecule has 0 atom stereocenters. The Hall–Kier alpha value is -1.68. The molecule has 0 fully saturated rings. The standard InChI is InChI=1S/C15H16FNOS/c1-15(2,11-7-8-19-9-11)10-17-14(18)12-5-3-4-6-13(12)16/h3-9H,10H2,1-2H3,(H,17,18). The molecule has 2 nitrogen and oxygen atoms in total. The van der Waals surface area contributed by atoms with E-state index >= 15 is 0 Å². The molecule has 0 bridgehead atoms. The minimum Gasteiger partial charge on any atom is -0.351 e. The predicted molar refractivity (Wildman–Crippen MR) is 76.1 cm³/mol. The number of nitrogens with one attached hydrogen (secondary N) is 1. The highest BCUT2D eigenvalue weighted by atomic mass is 32.1. The van der Waals surface area contributed by atoms with Crippen LogP contribution in [0.2, 0.25) is 0 Å². The van der Waals surface area contributed by atoms with Gasteiger partial charge in [-0.1, -0.05) is 26.0 Å². The first kappa shape index (κ1) is 13.7. The first-order valence-electron chi connectivity index (χ1n) is 6.06.